The number of carbonyl (C=O) groups excluding carboxylic acids is 1. The van der Waals surface area contributed by atoms with E-state index in [1.165, 1.54) is 0 Å². The number of amides is 2. The van der Waals surface area contributed by atoms with Crippen molar-refractivity contribution < 1.29 is 24.6 Å². The molecule has 1 atom stereocenters. The topological polar surface area (TPSA) is 119 Å². The summed E-state index contributed by atoms with van der Waals surface area (Å²) in [6.45, 7) is 3.93. The van der Waals surface area contributed by atoms with Crippen LogP contribution in [0.3, 0.4) is 0 Å². The van der Waals surface area contributed by atoms with E-state index in [4.69, 9.17) is 10.2 Å². The molecular formula is C12H23N3O5. The third-order valence-electron chi connectivity index (χ3n) is 2.81. The minimum absolute atomic E-state index is 0.0872. The maximum atomic E-state index is 11.5. The molecule has 2 amide bonds. The van der Waals surface area contributed by atoms with Crippen LogP contribution in [0.4, 0.5) is 4.79 Å². The molecule has 0 rings (SSSR count). The lowest BCUT2D eigenvalue weighted by Crippen LogP contribution is -2.47. The van der Waals surface area contributed by atoms with Gasteiger partial charge in [0.25, 0.3) is 0 Å². The molecule has 0 aromatic rings. The Morgan fingerprint density at radius 3 is 2.40 bits per heavy atom. The Morgan fingerprint density at radius 2 is 1.90 bits per heavy atom. The van der Waals surface area contributed by atoms with Gasteiger partial charge < -0.3 is 25.7 Å². The van der Waals surface area contributed by atoms with Crippen LogP contribution in [-0.4, -0.2) is 65.8 Å². The van der Waals surface area contributed by atoms with Crippen LogP contribution in [0.15, 0.2) is 0 Å². The zero-order valence-corrected chi connectivity index (χ0v) is 11.9. The normalized spacial score (nSPS) is 11.9. The first-order chi connectivity index (χ1) is 9.36. The molecule has 8 heteroatoms. The molecule has 0 heterocycles. The van der Waals surface area contributed by atoms with Gasteiger partial charge in [-0.3, -0.25) is 4.79 Å². The lowest BCUT2D eigenvalue weighted by molar-refractivity contribution is -0.140. The van der Waals surface area contributed by atoms with E-state index in [9.17, 15) is 14.4 Å². The first-order valence-corrected chi connectivity index (χ1v) is 6.54. The second-order valence-electron chi connectivity index (χ2n) is 4.47. The van der Waals surface area contributed by atoms with Crippen LogP contribution >= 0.6 is 0 Å². The Hall–Kier alpha value is -1.83. The first-order valence-electron chi connectivity index (χ1n) is 6.54. The van der Waals surface area contributed by atoms with E-state index in [1.54, 1.807) is 0 Å². The minimum atomic E-state index is -1.17. The number of carboxylic acids is 2. The molecule has 0 aliphatic rings. The van der Waals surface area contributed by atoms with Gasteiger partial charge in [0.15, 0.2) is 0 Å². The quantitative estimate of drug-likeness (QED) is 0.447. The van der Waals surface area contributed by atoms with E-state index < -0.39 is 24.0 Å². The van der Waals surface area contributed by atoms with Gasteiger partial charge in [0.05, 0.1) is 0 Å². The SMILES string of the molecule is CCN(C)CCNC(=O)N[C@H](CCCC(=O)O)C(=O)O. The average Bonchev–Trinajstić information content (AvgIpc) is 2.36. The van der Waals surface area contributed by atoms with Crippen molar-refractivity contribution in [2.24, 2.45) is 0 Å². The molecule has 116 valence electrons. The van der Waals surface area contributed by atoms with Crippen LogP contribution < -0.4 is 10.6 Å². The Morgan fingerprint density at radius 1 is 1.25 bits per heavy atom. The van der Waals surface area contributed by atoms with E-state index in [0.29, 0.717) is 13.1 Å². The second kappa shape index (κ2) is 10.0. The van der Waals surface area contributed by atoms with Gasteiger partial charge in [0, 0.05) is 19.5 Å². The van der Waals surface area contributed by atoms with Crippen molar-refractivity contribution >= 4 is 18.0 Å². The Bertz CT molecular complexity index is 335. The Kier molecular flexibility index (Phi) is 9.10. The summed E-state index contributed by atoms with van der Waals surface area (Å²) in [5.74, 6) is -2.16. The standard InChI is InChI=1S/C12H23N3O5/c1-3-15(2)8-7-13-12(20)14-9(11(18)19)5-4-6-10(16)17/h9H,3-8H2,1-2H3,(H,16,17)(H,18,19)(H2,13,14,20)/t9-/m1/s1. The molecule has 20 heavy (non-hydrogen) atoms. The van der Waals surface area contributed by atoms with Gasteiger partial charge in [0.2, 0.25) is 0 Å². The van der Waals surface area contributed by atoms with Crippen molar-refractivity contribution in [2.45, 2.75) is 32.2 Å². The number of rotatable bonds is 10. The summed E-state index contributed by atoms with van der Waals surface area (Å²) in [6, 6.07) is -1.63. The maximum absolute atomic E-state index is 11.5. The van der Waals surface area contributed by atoms with E-state index in [2.05, 4.69) is 10.6 Å². The Balaban J connectivity index is 4.01. The van der Waals surface area contributed by atoms with Gasteiger partial charge in [-0.1, -0.05) is 6.92 Å². The average molecular weight is 289 g/mol. The van der Waals surface area contributed by atoms with E-state index in [-0.39, 0.29) is 19.3 Å². The number of likely N-dealkylation sites (N-methyl/N-ethyl adjacent to an activating group) is 1. The molecule has 0 aromatic heterocycles. The summed E-state index contributed by atoms with van der Waals surface area (Å²) >= 11 is 0. The largest absolute Gasteiger partial charge is 0.481 e. The second-order valence-corrected chi connectivity index (χ2v) is 4.47. The molecule has 0 radical (unpaired) electrons. The highest BCUT2D eigenvalue weighted by Crippen LogP contribution is 2.01. The highest BCUT2D eigenvalue weighted by atomic mass is 16.4. The van der Waals surface area contributed by atoms with E-state index >= 15 is 0 Å². The zero-order valence-electron chi connectivity index (χ0n) is 11.9. The third-order valence-corrected chi connectivity index (χ3v) is 2.81. The molecule has 4 N–H and O–H groups in total. The fraction of sp³-hybridized carbons (Fsp3) is 0.750. The van der Waals surface area contributed by atoms with Gasteiger partial charge in [-0.2, -0.15) is 0 Å². The number of carbonyl (C=O) groups is 3. The van der Waals surface area contributed by atoms with Crippen LogP contribution in [0.5, 0.6) is 0 Å². The monoisotopic (exact) mass is 289 g/mol. The molecule has 0 aliphatic heterocycles. The summed E-state index contributed by atoms with van der Waals surface area (Å²) in [4.78, 5) is 34.8. The summed E-state index contributed by atoms with van der Waals surface area (Å²) < 4.78 is 0. The highest BCUT2D eigenvalue weighted by molar-refractivity contribution is 5.82. The van der Waals surface area contributed by atoms with Crippen molar-refractivity contribution in [1.29, 1.82) is 0 Å². The number of urea groups is 1. The minimum Gasteiger partial charge on any atom is -0.481 e. The molecule has 0 bridgehead atoms. The number of hydrogen-bond donors (Lipinski definition) is 4. The summed E-state index contributed by atoms with van der Waals surface area (Å²) in [5.41, 5.74) is 0. The number of hydrogen-bond acceptors (Lipinski definition) is 4. The molecule has 8 nitrogen and oxygen atoms in total. The third kappa shape index (κ3) is 9.15. The number of nitrogens with one attached hydrogen (secondary N) is 2. The smallest absolute Gasteiger partial charge is 0.326 e. The van der Waals surface area contributed by atoms with Crippen molar-refractivity contribution in [3.8, 4) is 0 Å². The molecule has 0 spiro atoms. The van der Waals surface area contributed by atoms with Gasteiger partial charge in [-0.25, -0.2) is 9.59 Å². The number of carboxylic acid groups (broad SMARTS) is 2. The number of nitrogens with zero attached hydrogens (tertiary/aromatic N) is 1. The molecular weight excluding hydrogens is 266 g/mol. The van der Waals surface area contributed by atoms with Crippen LogP contribution in [0.1, 0.15) is 26.2 Å². The Labute approximate surface area is 118 Å². The van der Waals surface area contributed by atoms with Gasteiger partial charge in [-0.15, -0.1) is 0 Å². The lowest BCUT2D eigenvalue weighted by Gasteiger charge is -2.17. The fourth-order valence-corrected chi connectivity index (χ4v) is 1.44. The lowest BCUT2D eigenvalue weighted by atomic mass is 10.1. The summed E-state index contributed by atoms with van der Waals surface area (Å²) in [7, 11) is 1.91. The van der Waals surface area contributed by atoms with Crippen LogP contribution in [-0.2, 0) is 9.59 Å². The zero-order chi connectivity index (χ0) is 15.5. The van der Waals surface area contributed by atoms with Gasteiger partial charge in [0.1, 0.15) is 6.04 Å². The van der Waals surface area contributed by atoms with Crippen molar-refractivity contribution in [3.63, 3.8) is 0 Å². The molecule has 0 unspecified atom stereocenters. The van der Waals surface area contributed by atoms with Crippen LogP contribution in [0.2, 0.25) is 0 Å². The predicted octanol–water partition coefficient (Wildman–Crippen LogP) is -0.0546. The van der Waals surface area contributed by atoms with Crippen LogP contribution in [0.25, 0.3) is 0 Å². The number of aliphatic carboxylic acids is 2. The van der Waals surface area contributed by atoms with Crippen molar-refractivity contribution in [2.75, 3.05) is 26.7 Å². The van der Waals surface area contributed by atoms with E-state index in [0.717, 1.165) is 6.54 Å². The summed E-state index contributed by atoms with van der Waals surface area (Å²) in [5, 5.41) is 22.3. The molecule has 0 aromatic carbocycles. The first kappa shape index (κ1) is 18.2. The van der Waals surface area contributed by atoms with Crippen molar-refractivity contribution in [1.82, 2.24) is 15.5 Å². The molecule has 0 fully saturated rings. The van der Waals surface area contributed by atoms with Crippen molar-refractivity contribution in [3.05, 3.63) is 0 Å². The molecule has 0 saturated carbocycles. The van der Waals surface area contributed by atoms with Gasteiger partial charge in [-0.05, 0) is 26.4 Å². The summed E-state index contributed by atoms with van der Waals surface area (Å²) in [6.07, 6.45) is 0.170. The highest BCUT2D eigenvalue weighted by Gasteiger charge is 2.19. The van der Waals surface area contributed by atoms with Crippen LogP contribution in [0, 0.1) is 0 Å². The maximum Gasteiger partial charge on any atom is 0.326 e. The fourth-order valence-electron chi connectivity index (χ4n) is 1.44. The molecule has 0 aliphatic carbocycles. The predicted molar refractivity (Wildman–Crippen MR) is 72.6 cm³/mol. The molecule has 0 saturated heterocycles. The van der Waals surface area contributed by atoms with E-state index in [1.807, 2.05) is 18.9 Å². The van der Waals surface area contributed by atoms with Gasteiger partial charge >= 0.3 is 18.0 Å².